The molecule has 1 aromatic carbocycles. The van der Waals surface area contributed by atoms with E-state index in [1.165, 1.54) is 45.4 Å². The van der Waals surface area contributed by atoms with Crippen molar-refractivity contribution in [2.24, 2.45) is 0 Å². The Kier molecular flexibility index (Phi) is 5.54. The van der Waals surface area contributed by atoms with Gasteiger partial charge in [0, 0.05) is 6.20 Å². The van der Waals surface area contributed by atoms with E-state index in [4.69, 9.17) is 11.6 Å². The van der Waals surface area contributed by atoms with Crippen LogP contribution in [0.2, 0.25) is 5.02 Å². The Hall–Kier alpha value is -3.77. The molecule has 172 valence electrons. The number of thioether (sulfide) groups is 1. The van der Waals surface area contributed by atoms with Gasteiger partial charge < -0.3 is 10.3 Å². The quantitative estimate of drug-likeness (QED) is 0.280. The number of anilines is 1. The minimum Gasteiger partial charge on any atom is -0.359 e. The number of halogens is 2. The lowest BCUT2D eigenvalue weighted by atomic mass is 10.2. The van der Waals surface area contributed by atoms with Gasteiger partial charge in [-0.05, 0) is 37.4 Å². The summed E-state index contributed by atoms with van der Waals surface area (Å²) >= 11 is 7.52. The topological polar surface area (TPSA) is 123 Å². The molecule has 13 heteroatoms. The Morgan fingerprint density at radius 1 is 1.24 bits per heavy atom. The summed E-state index contributed by atoms with van der Waals surface area (Å²) in [4.78, 5) is 41.3. The van der Waals surface area contributed by atoms with Gasteiger partial charge in [-0.25, -0.2) is 18.9 Å². The molecule has 0 saturated heterocycles. The Labute approximate surface area is 199 Å². The number of rotatable bonds is 5. The van der Waals surface area contributed by atoms with Gasteiger partial charge in [-0.1, -0.05) is 29.4 Å². The van der Waals surface area contributed by atoms with Crippen molar-refractivity contribution in [1.29, 1.82) is 0 Å². The summed E-state index contributed by atoms with van der Waals surface area (Å²) in [5.41, 5.74) is -0.245. The van der Waals surface area contributed by atoms with E-state index in [0.717, 1.165) is 0 Å². The number of benzene rings is 1. The van der Waals surface area contributed by atoms with Gasteiger partial charge >= 0.3 is 0 Å². The van der Waals surface area contributed by atoms with Crippen LogP contribution in [0, 0.1) is 5.82 Å². The summed E-state index contributed by atoms with van der Waals surface area (Å²) in [5.74, 6) is -0.0450. The zero-order valence-electron chi connectivity index (χ0n) is 17.8. The molecule has 0 aliphatic heterocycles. The summed E-state index contributed by atoms with van der Waals surface area (Å²) in [7, 11) is 0. The summed E-state index contributed by atoms with van der Waals surface area (Å²) < 4.78 is 16.7. The number of hydrogen-bond acceptors (Lipinski definition) is 8. The molecule has 0 aliphatic rings. The second-order valence-electron chi connectivity index (χ2n) is 7.29. The third kappa shape index (κ3) is 3.70. The van der Waals surface area contributed by atoms with Crippen molar-refractivity contribution in [3.05, 3.63) is 80.2 Å². The third-order valence-corrected chi connectivity index (χ3v) is 5.99. The molecule has 5 rings (SSSR count). The smallest absolute Gasteiger partial charge is 0.285 e. The van der Waals surface area contributed by atoms with Crippen molar-refractivity contribution in [2.75, 3.05) is 11.6 Å². The molecule has 0 saturated carbocycles. The number of nitrogens with zero attached hydrogens (tertiary/aromatic N) is 6. The second kappa shape index (κ2) is 8.54. The van der Waals surface area contributed by atoms with E-state index in [1.54, 1.807) is 31.5 Å². The van der Waals surface area contributed by atoms with E-state index >= 15 is 0 Å². The standard InChI is InChI=1S/C21H16ClFN8O2S/c1-10(26-17-14-16(24-9-25-19(14)32)27-21(28-17)34-2)18-29-30-7-6-13(22)15(30)20(33)31(18)12-5-3-4-11(23)8-12/h3-10H,1-2H3,(H2,24,25,26,27,28,32). The van der Waals surface area contributed by atoms with Gasteiger partial charge in [0.15, 0.2) is 16.6 Å². The largest absolute Gasteiger partial charge is 0.359 e. The maximum Gasteiger partial charge on any atom is 0.285 e. The second-order valence-corrected chi connectivity index (χ2v) is 8.47. The Morgan fingerprint density at radius 3 is 2.82 bits per heavy atom. The van der Waals surface area contributed by atoms with Crippen molar-refractivity contribution in [3.63, 3.8) is 0 Å². The fraction of sp³-hybridized carbons (Fsp3) is 0.143. The van der Waals surface area contributed by atoms with Gasteiger partial charge in [-0.3, -0.25) is 14.2 Å². The molecular formula is C21H16ClFN8O2S. The van der Waals surface area contributed by atoms with Gasteiger partial charge in [0.2, 0.25) is 0 Å². The zero-order valence-corrected chi connectivity index (χ0v) is 19.4. The molecule has 34 heavy (non-hydrogen) atoms. The molecule has 0 radical (unpaired) electrons. The van der Waals surface area contributed by atoms with E-state index in [1.807, 2.05) is 0 Å². The highest BCUT2D eigenvalue weighted by Crippen LogP contribution is 2.25. The molecule has 10 nitrogen and oxygen atoms in total. The fourth-order valence-corrected chi connectivity index (χ4v) is 4.21. The van der Waals surface area contributed by atoms with Gasteiger partial charge in [0.25, 0.3) is 11.1 Å². The highest BCUT2D eigenvalue weighted by Gasteiger charge is 2.22. The van der Waals surface area contributed by atoms with Crippen molar-refractivity contribution in [2.45, 2.75) is 18.1 Å². The lowest BCUT2D eigenvalue weighted by Crippen LogP contribution is -2.29. The summed E-state index contributed by atoms with van der Waals surface area (Å²) in [6.07, 6.45) is 4.63. The van der Waals surface area contributed by atoms with Crippen LogP contribution in [0.15, 0.2) is 57.6 Å². The van der Waals surface area contributed by atoms with Gasteiger partial charge in [-0.15, -0.1) is 0 Å². The van der Waals surface area contributed by atoms with Gasteiger partial charge in [0.1, 0.15) is 22.5 Å². The molecule has 4 aromatic heterocycles. The minimum atomic E-state index is -0.658. The molecule has 1 atom stereocenters. The first-order valence-corrected chi connectivity index (χ1v) is 11.6. The van der Waals surface area contributed by atoms with Gasteiger partial charge in [0.05, 0.1) is 23.1 Å². The molecule has 0 amide bonds. The lowest BCUT2D eigenvalue weighted by Gasteiger charge is -2.20. The van der Waals surface area contributed by atoms with E-state index in [-0.39, 0.29) is 33.3 Å². The Bertz CT molecular complexity index is 1680. The van der Waals surface area contributed by atoms with Crippen LogP contribution in [0.5, 0.6) is 0 Å². The normalized spacial score (nSPS) is 12.4. The number of H-pyrrole nitrogens is 1. The molecular weight excluding hydrogens is 483 g/mol. The average Bonchev–Trinajstić information content (AvgIpc) is 3.19. The maximum absolute atomic E-state index is 14.1. The average molecular weight is 499 g/mol. The first-order chi connectivity index (χ1) is 16.4. The van der Waals surface area contributed by atoms with Crippen LogP contribution in [0.4, 0.5) is 10.2 Å². The summed E-state index contributed by atoms with van der Waals surface area (Å²) in [6, 6.07) is 6.49. The van der Waals surface area contributed by atoms with Crippen LogP contribution in [0.1, 0.15) is 18.8 Å². The minimum absolute atomic E-state index is 0.152. The van der Waals surface area contributed by atoms with Crippen LogP contribution in [0.25, 0.3) is 22.2 Å². The molecule has 5 aromatic rings. The predicted octanol–water partition coefficient (Wildman–Crippen LogP) is 3.20. The zero-order chi connectivity index (χ0) is 24.0. The molecule has 0 aliphatic carbocycles. The third-order valence-electron chi connectivity index (χ3n) is 5.14. The molecule has 4 heterocycles. The first-order valence-electron chi connectivity index (χ1n) is 9.99. The number of fused-ring (bicyclic) bond motifs is 2. The SMILES string of the molecule is CSc1nc(NC(C)c2nn3ccc(Cl)c3c(=O)n2-c2cccc(F)c2)c2c(=O)nc[nH]c2n1. The molecule has 0 bridgehead atoms. The first kappa shape index (κ1) is 22.0. The van der Waals surface area contributed by atoms with E-state index in [9.17, 15) is 14.0 Å². The van der Waals surface area contributed by atoms with Crippen LogP contribution >= 0.6 is 23.4 Å². The van der Waals surface area contributed by atoms with Crippen molar-refractivity contribution in [1.82, 2.24) is 34.1 Å². The maximum atomic E-state index is 14.1. The molecule has 2 N–H and O–H groups in total. The Morgan fingerprint density at radius 2 is 2.06 bits per heavy atom. The van der Waals surface area contributed by atoms with Crippen LogP contribution < -0.4 is 16.4 Å². The monoisotopic (exact) mass is 498 g/mol. The fourth-order valence-electron chi connectivity index (χ4n) is 3.62. The van der Waals surface area contributed by atoms with Crippen LogP contribution in [0.3, 0.4) is 0 Å². The molecule has 0 fully saturated rings. The van der Waals surface area contributed by atoms with Crippen LogP contribution in [-0.4, -0.2) is 40.4 Å². The summed E-state index contributed by atoms with van der Waals surface area (Å²) in [5, 5.41) is 8.53. The molecule has 1 unspecified atom stereocenters. The number of hydrogen-bond donors (Lipinski definition) is 2. The summed E-state index contributed by atoms with van der Waals surface area (Å²) in [6.45, 7) is 1.74. The molecule has 0 spiro atoms. The number of aromatic nitrogens is 7. The van der Waals surface area contributed by atoms with E-state index < -0.39 is 23.0 Å². The number of nitrogens with one attached hydrogen (secondary N) is 2. The van der Waals surface area contributed by atoms with Crippen molar-refractivity contribution >= 4 is 45.7 Å². The Balaban J connectivity index is 1.72. The van der Waals surface area contributed by atoms with Crippen LogP contribution in [-0.2, 0) is 0 Å². The van der Waals surface area contributed by atoms with Crippen molar-refractivity contribution < 1.29 is 4.39 Å². The predicted molar refractivity (Wildman–Crippen MR) is 128 cm³/mol. The highest BCUT2D eigenvalue weighted by atomic mass is 35.5. The van der Waals surface area contributed by atoms with Crippen molar-refractivity contribution in [3.8, 4) is 5.69 Å². The lowest BCUT2D eigenvalue weighted by molar-refractivity contribution is 0.622. The van der Waals surface area contributed by atoms with Gasteiger partial charge in [-0.2, -0.15) is 10.1 Å². The number of aromatic amines is 1. The van der Waals surface area contributed by atoms with E-state index in [2.05, 4.69) is 30.4 Å². The highest BCUT2D eigenvalue weighted by molar-refractivity contribution is 7.98. The van der Waals surface area contributed by atoms with E-state index in [0.29, 0.717) is 10.8 Å².